The van der Waals surface area contributed by atoms with Gasteiger partial charge in [-0.2, -0.15) is 0 Å². The fraction of sp³-hybridized carbons (Fsp3) is 0.857. The summed E-state index contributed by atoms with van der Waals surface area (Å²) in [6.45, 7) is 5.96. The summed E-state index contributed by atoms with van der Waals surface area (Å²) in [5.74, 6) is 0.824. The van der Waals surface area contributed by atoms with Gasteiger partial charge < -0.3 is 0 Å². The number of hydrogen-bond acceptors (Lipinski definition) is 1. The van der Waals surface area contributed by atoms with Gasteiger partial charge in [-0.3, -0.25) is 4.79 Å². The maximum Gasteiger partial charge on any atom is 0.150 e. The van der Waals surface area contributed by atoms with E-state index >= 15 is 0 Å². The highest BCUT2D eigenvalue weighted by Gasteiger charge is 2.14. The topological polar surface area (TPSA) is 17.1 Å². The molecule has 0 N–H and O–H groups in total. The molecule has 0 heterocycles. The molecule has 0 radical (unpaired) electrons. The van der Waals surface area contributed by atoms with Gasteiger partial charge in [0.05, 0.1) is 5.88 Å². The van der Waals surface area contributed by atoms with E-state index in [1.54, 1.807) is 0 Å². The van der Waals surface area contributed by atoms with Crippen LogP contribution in [-0.2, 0) is 4.79 Å². The van der Waals surface area contributed by atoms with Gasteiger partial charge in [-0.25, -0.2) is 0 Å². The maximum atomic E-state index is 10.8. The van der Waals surface area contributed by atoms with Crippen molar-refractivity contribution in [2.45, 2.75) is 20.8 Å². The van der Waals surface area contributed by atoms with Crippen molar-refractivity contribution in [3.05, 3.63) is 0 Å². The predicted octanol–water partition coefficient (Wildman–Crippen LogP) is 2.09. The molecule has 0 aliphatic carbocycles. The van der Waals surface area contributed by atoms with Gasteiger partial charge in [0.1, 0.15) is 0 Å². The van der Waals surface area contributed by atoms with E-state index in [1.165, 1.54) is 0 Å². The number of carbonyl (C=O) groups excluding carboxylic acids is 1. The van der Waals surface area contributed by atoms with Gasteiger partial charge in [-0.05, 0) is 5.92 Å². The van der Waals surface area contributed by atoms with E-state index in [4.69, 9.17) is 11.6 Å². The fourth-order valence-electron chi connectivity index (χ4n) is 0.493. The summed E-state index contributed by atoms with van der Waals surface area (Å²) in [4.78, 5) is 10.8. The van der Waals surface area contributed by atoms with Crippen molar-refractivity contribution in [3.8, 4) is 0 Å². The van der Waals surface area contributed by atoms with Crippen molar-refractivity contribution in [2.24, 2.45) is 11.8 Å². The average Bonchev–Trinajstić information content (AvgIpc) is 1.84. The number of hydrogen-bond donors (Lipinski definition) is 0. The van der Waals surface area contributed by atoms with Crippen LogP contribution >= 0.6 is 11.6 Å². The lowest BCUT2D eigenvalue weighted by Crippen LogP contribution is -2.17. The first kappa shape index (κ1) is 8.96. The quantitative estimate of drug-likeness (QED) is 0.561. The molecule has 0 aromatic heterocycles. The third-order valence-electron chi connectivity index (χ3n) is 1.64. The molecule has 0 rings (SSSR count). The third-order valence-corrected chi connectivity index (χ3v) is 1.90. The van der Waals surface area contributed by atoms with Crippen molar-refractivity contribution >= 4 is 17.4 Å². The van der Waals surface area contributed by atoms with Crippen molar-refractivity contribution in [1.82, 2.24) is 0 Å². The van der Waals surface area contributed by atoms with Gasteiger partial charge in [0.15, 0.2) is 5.78 Å². The smallest absolute Gasteiger partial charge is 0.150 e. The number of carbonyl (C=O) groups is 1. The van der Waals surface area contributed by atoms with E-state index in [0.29, 0.717) is 5.92 Å². The number of rotatable bonds is 3. The summed E-state index contributed by atoms with van der Waals surface area (Å²) in [5, 5.41) is 0. The molecule has 0 fully saturated rings. The Bertz CT molecular complexity index is 99.1. The van der Waals surface area contributed by atoms with Crippen LogP contribution in [-0.4, -0.2) is 11.7 Å². The SMILES string of the molecule is CC(C)[C@H](C)C(=O)CCl. The van der Waals surface area contributed by atoms with Gasteiger partial charge in [-0.15, -0.1) is 11.6 Å². The van der Waals surface area contributed by atoms with Gasteiger partial charge in [0, 0.05) is 5.92 Å². The van der Waals surface area contributed by atoms with Crippen molar-refractivity contribution in [2.75, 3.05) is 5.88 Å². The molecule has 0 amide bonds. The molecule has 2 heteroatoms. The van der Waals surface area contributed by atoms with Crippen molar-refractivity contribution < 1.29 is 4.79 Å². The van der Waals surface area contributed by atoms with Gasteiger partial charge >= 0.3 is 0 Å². The van der Waals surface area contributed by atoms with E-state index in [9.17, 15) is 4.79 Å². The maximum absolute atomic E-state index is 10.8. The monoisotopic (exact) mass is 148 g/mol. The molecule has 0 saturated heterocycles. The Kier molecular flexibility index (Phi) is 3.87. The van der Waals surface area contributed by atoms with Crippen LogP contribution in [0.3, 0.4) is 0 Å². The average molecular weight is 149 g/mol. The molecular formula is C7H13ClO. The zero-order valence-electron chi connectivity index (χ0n) is 6.15. The molecule has 0 bridgehead atoms. The van der Waals surface area contributed by atoms with Crippen LogP contribution in [0.2, 0.25) is 0 Å². The molecule has 1 nitrogen and oxygen atoms in total. The van der Waals surface area contributed by atoms with Crippen LogP contribution in [0.1, 0.15) is 20.8 Å². The zero-order valence-corrected chi connectivity index (χ0v) is 6.90. The minimum Gasteiger partial charge on any atom is -0.298 e. The number of alkyl halides is 1. The molecule has 0 unspecified atom stereocenters. The van der Waals surface area contributed by atoms with E-state index < -0.39 is 0 Å². The molecular weight excluding hydrogens is 136 g/mol. The third kappa shape index (κ3) is 2.85. The van der Waals surface area contributed by atoms with E-state index in [1.807, 2.05) is 20.8 Å². The molecule has 0 saturated carbocycles. The first-order valence-electron chi connectivity index (χ1n) is 3.18. The Hall–Kier alpha value is -0.0400. The largest absolute Gasteiger partial charge is 0.298 e. The molecule has 0 spiro atoms. The van der Waals surface area contributed by atoms with E-state index in [2.05, 4.69) is 0 Å². The Morgan fingerprint density at radius 1 is 1.44 bits per heavy atom. The van der Waals surface area contributed by atoms with E-state index in [0.717, 1.165) is 0 Å². The highest BCUT2D eigenvalue weighted by atomic mass is 35.5. The Morgan fingerprint density at radius 3 is 2.00 bits per heavy atom. The molecule has 0 aliphatic heterocycles. The Morgan fingerprint density at radius 2 is 1.89 bits per heavy atom. The van der Waals surface area contributed by atoms with Crippen LogP contribution in [0.15, 0.2) is 0 Å². The van der Waals surface area contributed by atoms with Gasteiger partial charge in [0.25, 0.3) is 0 Å². The summed E-state index contributed by atoms with van der Waals surface area (Å²) in [6, 6.07) is 0. The molecule has 1 atom stereocenters. The van der Waals surface area contributed by atoms with Crippen LogP contribution < -0.4 is 0 Å². The summed E-state index contributed by atoms with van der Waals surface area (Å²) in [6.07, 6.45) is 0. The summed E-state index contributed by atoms with van der Waals surface area (Å²) >= 11 is 5.34. The molecule has 0 aromatic rings. The second kappa shape index (κ2) is 3.89. The normalized spacial score (nSPS) is 13.9. The lowest BCUT2D eigenvalue weighted by Gasteiger charge is -2.11. The molecule has 54 valence electrons. The summed E-state index contributed by atoms with van der Waals surface area (Å²) in [5.41, 5.74) is 0. The molecule has 0 aliphatic rings. The van der Waals surface area contributed by atoms with Crippen molar-refractivity contribution in [3.63, 3.8) is 0 Å². The second-order valence-electron chi connectivity index (χ2n) is 2.63. The highest BCUT2D eigenvalue weighted by molar-refractivity contribution is 6.27. The first-order chi connectivity index (χ1) is 4.09. The Labute approximate surface area is 61.4 Å². The van der Waals surface area contributed by atoms with Crippen LogP contribution in [0.5, 0.6) is 0 Å². The minimum atomic E-state index is 0.113. The van der Waals surface area contributed by atoms with Crippen LogP contribution in [0, 0.1) is 11.8 Å². The Balaban J connectivity index is 3.72. The summed E-state index contributed by atoms with van der Waals surface area (Å²) < 4.78 is 0. The predicted molar refractivity (Wildman–Crippen MR) is 39.7 cm³/mol. The van der Waals surface area contributed by atoms with E-state index in [-0.39, 0.29) is 17.6 Å². The number of ketones is 1. The highest BCUT2D eigenvalue weighted by Crippen LogP contribution is 2.10. The van der Waals surface area contributed by atoms with Crippen LogP contribution in [0.4, 0.5) is 0 Å². The van der Waals surface area contributed by atoms with Crippen molar-refractivity contribution in [1.29, 1.82) is 0 Å². The second-order valence-corrected chi connectivity index (χ2v) is 2.90. The number of halogens is 1. The molecule has 0 aromatic carbocycles. The standard InChI is InChI=1S/C7H13ClO/c1-5(2)6(3)7(9)4-8/h5-6H,4H2,1-3H3/t6-/m0/s1. The first-order valence-corrected chi connectivity index (χ1v) is 3.71. The lowest BCUT2D eigenvalue weighted by molar-refractivity contribution is -0.121. The lowest BCUT2D eigenvalue weighted by atomic mass is 9.95. The minimum absolute atomic E-state index is 0.113. The fourth-order valence-corrected chi connectivity index (χ4v) is 0.737. The van der Waals surface area contributed by atoms with Gasteiger partial charge in [-0.1, -0.05) is 20.8 Å². The zero-order chi connectivity index (χ0) is 7.44. The summed E-state index contributed by atoms with van der Waals surface area (Å²) in [7, 11) is 0. The number of Topliss-reactive ketones (excluding diaryl/α,β-unsaturated/α-hetero) is 1. The van der Waals surface area contributed by atoms with Gasteiger partial charge in [0.2, 0.25) is 0 Å². The van der Waals surface area contributed by atoms with Crippen LogP contribution in [0.25, 0.3) is 0 Å². The molecule has 9 heavy (non-hydrogen) atoms.